The molecule has 0 saturated heterocycles. The van der Waals surface area contributed by atoms with Gasteiger partial charge in [0.25, 0.3) is 5.91 Å². The fourth-order valence-electron chi connectivity index (χ4n) is 3.43. The van der Waals surface area contributed by atoms with Gasteiger partial charge in [0.05, 0.1) is 27.9 Å². The smallest absolute Gasteiger partial charge is 0.328 e. The Morgan fingerprint density at radius 2 is 1.64 bits per heavy atom. The summed E-state index contributed by atoms with van der Waals surface area (Å²) in [4.78, 5) is 38.7. The molecule has 3 N–H and O–H groups in total. The van der Waals surface area contributed by atoms with Crippen LogP contribution in [0.5, 0.6) is 5.75 Å². The third-order valence-corrected chi connectivity index (χ3v) is 6.00. The number of para-hydroxylation sites is 2. The van der Waals surface area contributed by atoms with Crippen LogP contribution in [0.3, 0.4) is 0 Å². The monoisotopic (exact) mass is 544 g/mol. The lowest BCUT2D eigenvalue weighted by molar-refractivity contribution is -0.133. The molecule has 36 heavy (non-hydrogen) atoms. The molecule has 0 spiro atoms. The van der Waals surface area contributed by atoms with Gasteiger partial charge in [-0.05, 0) is 61.5 Å². The molecule has 4 aromatic rings. The highest BCUT2D eigenvalue weighted by Gasteiger charge is 2.22. The van der Waals surface area contributed by atoms with Crippen molar-refractivity contribution in [3.8, 4) is 5.75 Å². The standard InChI is InChI=1S/C25H19Cl3N4O4/c1-2-36-22-6-4-3-5-19(22)30-24(34)25(35)31-32-20-10-7-15(26)11-14(20)12-21(32)23(33)29-16-8-9-17(27)18(28)13-16/h3-13H,2H2,1H3,(H,29,33)(H,30,34)(H,31,35). The van der Waals surface area contributed by atoms with E-state index in [-0.39, 0.29) is 10.7 Å². The fourth-order valence-corrected chi connectivity index (χ4v) is 3.90. The highest BCUT2D eigenvalue weighted by atomic mass is 35.5. The van der Waals surface area contributed by atoms with Crippen LogP contribution in [0.1, 0.15) is 17.4 Å². The number of hydrogen-bond acceptors (Lipinski definition) is 4. The molecule has 0 saturated carbocycles. The summed E-state index contributed by atoms with van der Waals surface area (Å²) in [5.41, 5.74) is 3.71. The van der Waals surface area contributed by atoms with E-state index in [0.717, 1.165) is 0 Å². The minimum Gasteiger partial charge on any atom is -0.492 e. The molecule has 0 unspecified atom stereocenters. The Morgan fingerprint density at radius 1 is 0.861 bits per heavy atom. The number of rotatable bonds is 6. The Labute approximate surface area is 221 Å². The van der Waals surface area contributed by atoms with Gasteiger partial charge >= 0.3 is 11.8 Å². The summed E-state index contributed by atoms with van der Waals surface area (Å²) in [5.74, 6) is -2.10. The zero-order valence-electron chi connectivity index (χ0n) is 18.8. The van der Waals surface area contributed by atoms with Crippen molar-refractivity contribution >= 4 is 74.8 Å². The van der Waals surface area contributed by atoms with E-state index in [1.54, 1.807) is 61.5 Å². The van der Waals surface area contributed by atoms with Crippen LogP contribution < -0.4 is 20.8 Å². The molecular weight excluding hydrogens is 527 g/mol. The van der Waals surface area contributed by atoms with Gasteiger partial charge in [-0.2, -0.15) is 0 Å². The first kappa shape index (κ1) is 25.4. The van der Waals surface area contributed by atoms with Gasteiger partial charge in [0.2, 0.25) is 0 Å². The molecule has 1 heterocycles. The topological polar surface area (TPSA) is 101 Å². The second-order valence-electron chi connectivity index (χ2n) is 7.48. The number of aromatic nitrogens is 1. The van der Waals surface area contributed by atoms with Gasteiger partial charge in [-0.25, -0.2) is 4.68 Å². The number of nitrogens with one attached hydrogen (secondary N) is 3. The van der Waals surface area contributed by atoms with Crippen LogP contribution in [0.25, 0.3) is 10.9 Å². The number of ether oxygens (including phenoxy) is 1. The van der Waals surface area contributed by atoms with Gasteiger partial charge in [0.15, 0.2) is 0 Å². The fraction of sp³-hybridized carbons (Fsp3) is 0.0800. The maximum atomic E-state index is 13.1. The minimum atomic E-state index is -1.00. The highest BCUT2D eigenvalue weighted by molar-refractivity contribution is 6.43. The lowest BCUT2D eigenvalue weighted by Gasteiger charge is -2.14. The number of anilines is 2. The van der Waals surface area contributed by atoms with E-state index in [1.165, 1.54) is 16.8 Å². The van der Waals surface area contributed by atoms with Crippen molar-refractivity contribution in [2.75, 3.05) is 22.7 Å². The molecule has 0 aliphatic carbocycles. The SMILES string of the molecule is CCOc1ccccc1NC(=O)C(=O)Nn1c(C(=O)Nc2ccc(Cl)c(Cl)c2)cc2cc(Cl)ccc21. The Morgan fingerprint density at radius 3 is 2.39 bits per heavy atom. The van der Waals surface area contributed by atoms with E-state index < -0.39 is 17.7 Å². The first-order valence-corrected chi connectivity index (χ1v) is 11.8. The summed E-state index contributed by atoms with van der Waals surface area (Å²) in [6.45, 7) is 2.19. The first-order chi connectivity index (χ1) is 17.3. The summed E-state index contributed by atoms with van der Waals surface area (Å²) in [6.07, 6.45) is 0. The van der Waals surface area contributed by atoms with Crippen molar-refractivity contribution in [2.45, 2.75) is 6.92 Å². The van der Waals surface area contributed by atoms with Gasteiger partial charge in [-0.1, -0.05) is 46.9 Å². The van der Waals surface area contributed by atoms with Gasteiger partial charge in [-0.3, -0.25) is 19.8 Å². The molecule has 0 atom stereocenters. The number of benzene rings is 3. The molecule has 8 nitrogen and oxygen atoms in total. The van der Waals surface area contributed by atoms with E-state index >= 15 is 0 Å². The molecule has 3 aromatic carbocycles. The van der Waals surface area contributed by atoms with E-state index in [9.17, 15) is 14.4 Å². The molecule has 1 aromatic heterocycles. The molecule has 0 aliphatic heterocycles. The lowest BCUT2D eigenvalue weighted by atomic mass is 10.2. The van der Waals surface area contributed by atoms with E-state index in [0.29, 0.717) is 44.7 Å². The second-order valence-corrected chi connectivity index (χ2v) is 8.73. The number of nitrogens with zero attached hydrogens (tertiary/aromatic N) is 1. The largest absolute Gasteiger partial charge is 0.492 e. The number of halogens is 3. The number of carbonyl (C=O) groups excluding carboxylic acids is 3. The Hall–Kier alpha value is -3.72. The number of hydrogen-bond donors (Lipinski definition) is 3. The molecule has 184 valence electrons. The quantitative estimate of drug-likeness (QED) is 0.260. The van der Waals surface area contributed by atoms with E-state index in [4.69, 9.17) is 39.5 Å². The summed E-state index contributed by atoms with van der Waals surface area (Å²) in [6, 6.07) is 17.7. The van der Waals surface area contributed by atoms with Gasteiger partial charge in [0, 0.05) is 16.1 Å². The van der Waals surface area contributed by atoms with Gasteiger partial charge in [-0.15, -0.1) is 0 Å². The van der Waals surface area contributed by atoms with Crippen LogP contribution in [-0.2, 0) is 9.59 Å². The van der Waals surface area contributed by atoms with Crippen molar-refractivity contribution in [2.24, 2.45) is 0 Å². The van der Waals surface area contributed by atoms with Crippen molar-refractivity contribution < 1.29 is 19.1 Å². The summed E-state index contributed by atoms with van der Waals surface area (Å²) >= 11 is 18.1. The zero-order valence-corrected chi connectivity index (χ0v) is 21.0. The molecule has 0 aliphatic rings. The Kier molecular flexibility index (Phi) is 7.69. The maximum absolute atomic E-state index is 13.1. The van der Waals surface area contributed by atoms with Crippen LogP contribution in [0.4, 0.5) is 11.4 Å². The summed E-state index contributed by atoms with van der Waals surface area (Å²) < 4.78 is 6.70. The first-order valence-electron chi connectivity index (χ1n) is 10.7. The number of amides is 3. The average Bonchev–Trinajstić information content (AvgIpc) is 3.20. The van der Waals surface area contributed by atoms with E-state index in [2.05, 4.69) is 16.1 Å². The number of fused-ring (bicyclic) bond motifs is 1. The third kappa shape index (κ3) is 5.57. The second kappa shape index (κ2) is 10.9. The Bertz CT molecular complexity index is 1490. The molecule has 0 bridgehead atoms. The molecule has 11 heteroatoms. The summed E-state index contributed by atoms with van der Waals surface area (Å²) in [7, 11) is 0. The van der Waals surface area contributed by atoms with Crippen LogP contribution >= 0.6 is 34.8 Å². The highest BCUT2D eigenvalue weighted by Crippen LogP contribution is 2.27. The van der Waals surface area contributed by atoms with Gasteiger partial charge in [0.1, 0.15) is 11.4 Å². The maximum Gasteiger partial charge on any atom is 0.328 e. The molecule has 0 radical (unpaired) electrons. The van der Waals surface area contributed by atoms with Crippen LogP contribution in [0.15, 0.2) is 66.7 Å². The van der Waals surface area contributed by atoms with Crippen LogP contribution in [0, 0.1) is 0 Å². The molecule has 3 amide bonds. The van der Waals surface area contributed by atoms with Crippen molar-refractivity contribution in [3.05, 3.63) is 87.5 Å². The lowest BCUT2D eigenvalue weighted by Crippen LogP contribution is -2.36. The molecule has 4 rings (SSSR count). The van der Waals surface area contributed by atoms with Crippen LogP contribution in [-0.4, -0.2) is 29.0 Å². The summed E-state index contributed by atoms with van der Waals surface area (Å²) in [5, 5.41) is 6.84. The van der Waals surface area contributed by atoms with Crippen molar-refractivity contribution in [1.29, 1.82) is 0 Å². The Balaban J connectivity index is 1.62. The van der Waals surface area contributed by atoms with E-state index in [1.807, 2.05) is 0 Å². The minimum absolute atomic E-state index is 0.0502. The predicted octanol–water partition coefficient (Wildman–Crippen LogP) is 5.96. The van der Waals surface area contributed by atoms with Gasteiger partial charge < -0.3 is 15.4 Å². The third-order valence-electron chi connectivity index (χ3n) is 5.03. The normalized spacial score (nSPS) is 10.7. The number of carbonyl (C=O) groups is 3. The average molecular weight is 546 g/mol. The van der Waals surface area contributed by atoms with Crippen LogP contribution in [0.2, 0.25) is 15.1 Å². The van der Waals surface area contributed by atoms with Crippen molar-refractivity contribution in [1.82, 2.24) is 4.68 Å². The van der Waals surface area contributed by atoms with Crippen molar-refractivity contribution in [3.63, 3.8) is 0 Å². The zero-order chi connectivity index (χ0) is 25.8. The molecule has 0 fully saturated rings. The molecular formula is C25H19Cl3N4O4. The predicted molar refractivity (Wildman–Crippen MR) is 142 cm³/mol.